The van der Waals surface area contributed by atoms with Crippen molar-refractivity contribution >= 4 is 5.91 Å². The molecule has 1 heterocycles. The molecule has 0 aliphatic heterocycles. The monoisotopic (exact) mass is 235 g/mol. The summed E-state index contributed by atoms with van der Waals surface area (Å²) in [6, 6.07) is 1.31. The molecule has 0 spiro atoms. The number of aromatic nitrogens is 2. The van der Waals surface area contributed by atoms with Crippen LogP contribution in [0.1, 0.15) is 24.9 Å². The van der Waals surface area contributed by atoms with Gasteiger partial charge in [0.2, 0.25) is 5.91 Å². The van der Waals surface area contributed by atoms with Gasteiger partial charge in [0.15, 0.2) is 0 Å². The fourth-order valence-electron chi connectivity index (χ4n) is 1.55. The molecule has 0 aliphatic carbocycles. The third-order valence-corrected chi connectivity index (χ3v) is 2.54. The molecule has 1 aromatic heterocycles. The molecule has 0 saturated carbocycles. The Kier molecular flexibility index (Phi) is 4.67. The van der Waals surface area contributed by atoms with Gasteiger partial charge >= 0.3 is 0 Å². The van der Waals surface area contributed by atoms with Gasteiger partial charge < -0.3 is 10.6 Å². The van der Waals surface area contributed by atoms with Crippen molar-refractivity contribution in [3.8, 4) is 6.07 Å². The summed E-state index contributed by atoms with van der Waals surface area (Å²) in [5.41, 5.74) is 6.56. The van der Waals surface area contributed by atoms with Crippen molar-refractivity contribution in [3.63, 3.8) is 0 Å². The van der Waals surface area contributed by atoms with Crippen molar-refractivity contribution in [3.05, 3.63) is 18.0 Å². The molecule has 6 nitrogen and oxygen atoms in total. The molecule has 92 valence electrons. The molecule has 1 atom stereocenters. The molecule has 6 heteroatoms. The third-order valence-electron chi connectivity index (χ3n) is 2.54. The van der Waals surface area contributed by atoms with E-state index < -0.39 is 6.04 Å². The van der Waals surface area contributed by atoms with Gasteiger partial charge in [-0.15, -0.1) is 0 Å². The molecule has 0 fully saturated rings. The summed E-state index contributed by atoms with van der Waals surface area (Å²) in [6.07, 6.45) is 3.63. The summed E-state index contributed by atoms with van der Waals surface area (Å²) in [5.74, 6) is -0.171. The molecule has 1 unspecified atom stereocenters. The minimum Gasteiger partial charge on any atom is -0.340 e. The van der Waals surface area contributed by atoms with E-state index in [0.29, 0.717) is 25.1 Å². The van der Waals surface area contributed by atoms with E-state index in [9.17, 15) is 4.79 Å². The zero-order chi connectivity index (χ0) is 12.8. The van der Waals surface area contributed by atoms with Gasteiger partial charge in [-0.3, -0.25) is 9.48 Å². The summed E-state index contributed by atoms with van der Waals surface area (Å²) in [6.45, 7) is 2.83. The van der Waals surface area contributed by atoms with Gasteiger partial charge in [0.1, 0.15) is 6.04 Å². The van der Waals surface area contributed by atoms with E-state index >= 15 is 0 Å². The molecule has 1 aromatic rings. The summed E-state index contributed by atoms with van der Waals surface area (Å²) in [5, 5.41) is 12.5. The fraction of sp³-hybridized carbons (Fsp3) is 0.545. The maximum Gasteiger partial charge on any atom is 0.244 e. The van der Waals surface area contributed by atoms with Crippen LogP contribution in [0.5, 0.6) is 0 Å². The molecule has 1 rings (SSSR count). The van der Waals surface area contributed by atoms with Crippen LogP contribution in [-0.4, -0.2) is 33.7 Å². The van der Waals surface area contributed by atoms with Crippen LogP contribution in [0.15, 0.2) is 12.4 Å². The van der Waals surface area contributed by atoms with E-state index in [-0.39, 0.29) is 5.91 Å². The third kappa shape index (κ3) is 3.29. The van der Waals surface area contributed by atoms with Gasteiger partial charge in [-0.2, -0.15) is 10.4 Å². The van der Waals surface area contributed by atoms with Crippen LogP contribution in [0.2, 0.25) is 0 Å². The first kappa shape index (κ1) is 13.2. The second-order valence-corrected chi connectivity index (χ2v) is 3.75. The standard InChI is InChI=1S/C11H17N5O/c1-3-16(6-4-5-12)11(17)10(13)9-7-14-15(2)8-9/h7-8,10H,3-4,6,13H2,1-2H3. The second kappa shape index (κ2) is 6.01. The number of carbonyl (C=O) groups excluding carboxylic acids is 1. The Labute approximate surface area is 101 Å². The molecule has 0 aliphatic rings. The molecule has 1 amide bonds. The van der Waals surface area contributed by atoms with Crippen LogP contribution in [0, 0.1) is 11.3 Å². The number of carbonyl (C=O) groups is 1. The molecular weight excluding hydrogens is 218 g/mol. The lowest BCUT2D eigenvalue weighted by molar-refractivity contribution is -0.132. The maximum atomic E-state index is 12.0. The van der Waals surface area contributed by atoms with Gasteiger partial charge in [-0.1, -0.05) is 0 Å². The SMILES string of the molecule is CCN(CCC#N)C(=O)C(N)c1cnn(C)c1. The predicted octanol–water partition coefficient (Wildman–Crippen LogP) is 0.182. The predicted molar refractivity (Wildman–Crippen MR) is 62.6 cm³/mol. The first-order valence-electron chi connectivity index (χ1n) is 5.50. The Hall–Kier alpha value is -1.87. The molecule has 2 N–H and O–H groups in total. The number of rotatable bonds is 5. The van der Waals surface area contributed by atoms with Crippen molar-refractivity contribution in [2.45, 2.75) is 19.4 Å². The van der Waals surface area contributed by atoms with E-state index in [4.69, 9.17) is 11.0 Å². The minimum atomic E-state index is -0.706. The Morgan fingerprint density at radius 2 is 2.47 bits per heavy atom. The number of amides is 1. The maximum absolute atomic E-state index is 12.0. The highest BCUT2D eigenvalue weighted by Crippen LogP contribution is 2.12. The van der Waals surface area contributed by atoms with Crippen molar-refractivity contribution in [2.75, 3.05) is 13.1 Å². The quantitative estimate of drug-likeness (QED) is 0.788. The van der Waals surface area contributed by atoms with E-state index in [1.807, 2.05) is 13.0 Å². The summed E-state index contributed by atoms with van der Waals surface area (Å²) in [7, 11) is 1.77. The van der Waals surface area contributed by atoms with Gasteiger partial charge in [0.25, 0.3) is 0 Å². The Morgan fingerprint density at radius 1 is 1.76 bits per heavy atom. The Bertz CT molecular complexity index is 420. The minimum absolute atomic E-state index is 0.171. The van der Waals surface area contributed by atoms with Crippen LogP contribution < -0.4 is 5.73 Å². The zero-order valence-corrected chi connectivity index (χ0v) is 10.1. The van der Waals surface area contributed by atoms with Crippen LogP contribution >= 0.6 is 0 Å². The highest BCUT2D eigenvalue weighted by atomic mass is 16.2. The summed E-state index contributed by atoms with van der Waals surface area (Å²) >= 11 is 0. The van der Waals surface area contributed by atoms with Gasteiger partial charge in [0, 0.05) is 31.9 Å². The molecule has 0 saturated heterocycles. The van der Waals surface area contributed by atoms with Crippen LogP contribution in [0.4, 0.5) is 0 Å². The average Bonchev–Trinajstić information content (AvgIpc) is 2.75. The van der Waals surface area contributed by atoms with Crippen molar-refractivity contribution in [1.29, 1.82) is 5.26 Å². The average molecular weight is 235 g/mol. The number of nitrogens with two attached hydrogens (primary N) is 1. The van der Waals surface area contributed by atoms with E-state index in [2.05, 4.69) is 5.10 Å². The summed E-state index contributed by atoms with van der Waals surface area (Å²) in [4.78, 5) is 13.6. The van der Waals surface area contributed by atoms with Crippen molar-refractivity contribution < 1.29 is 4.79 Å². The normalized spacial score (nSPS) is 11.9. The smallest absolute Gasteiger partial charge is 0.244 e. The molecule has 0 radical (unpaired) electrons. The lowest BCUT2D eigenvalue weighted by Gasteiger charge is -2.22. The second-order valence-electron chi connectivity index (χ2n) is 3.75. The lowest BCUT2D eigenvalue weighted by atomic mass is 10.1. The van der Waals surface area contributed by atoms with Crippen LogP contribution in [0.25, 0.3) is 0 Å². The number of hydrogen-bond donors (Lipinski definition) is 1. The topological polar surface area (TPSA) is 87.9 Å². The number of hydrogen-bond acceptors (Lipinski definition) is 4. The van der Waals surface area contributed by atoms with Gasteiger partial charge in [0.05, 0.1) is 18.7 Å². The van der Waals surface area contributed by atoms with Crippen LogP contribution in [-0.2, 0) is 11.8 Å². The highest BCUT2D eigenvalue weighted by Gasteiger charge is 2.22. The molecular formula is C11H17N5O. The largest absolute Gasteiger partial charge is 0.340 e. The van der Waals surface area contributed by atoms with E-state index in [0.717, 1.165) is 0 Å². The molecule has 0 aromatic carbocycles. The highest BCUT2D eigenvalue weighted by molar-refractivity contribution is 5.82. The van der Waals surface area contributed by atoms with E-state index in [1.54, 1.807) is 29.0 Å². The fourth-order valence-corrected chi connectivity index (χ4v) is 1.55. The first-order chi connectivity index (χ1) is 8.10. The lowest BCUT2D eigenvalue weighted by Crippen LogP contribution is -2.38. The summed E-state index contributed by atoms with van der Waals surface area (Å²) < 4.78 is 1.61. The van der Waals surface area contributed by atoms with Gasteiger partial charge in [-0.25, -0.2) is 0 Å². The molecule has 17 heavy (non-hydrogen) atoms. The van der Waals surface area contributed by atoms with E-state index in [1.165, 1.54) is 0 Å². The Morgan fingerprint density at radius 3 is 2.94 bits per heavy atom. The zero-order valence-electron chi connectivity index (χ0n) is 10.1. The Balaban J connectivity index is 2.70. The number of nitrogens with zero attached hydrogens (tertiary/aromatic N) is 4. The van der Waals surface area contributed by atoms with Gasteiger partial charge in [-0.05, 0) is 6.92 Å². The van der Waals surface area contributed by atoms with Crippen LogP contribution in [0.3, 0.4) is 0 Å². The molecule has 0 bridgehead atoms. The van der Waals surface area contributed by atoms with Crippen molar-refractivity contribution in [2.24, 2.45) is 12.8 Å². The first-order valence-corrected chi connectivity index (χ1v) is 5.50. The number of likely N-dealkylation sites (N-methyl/N-ethyl adjacent to an activating group) is 1. The number of nitriles is 1. The van der Waals surface area contributed by atoms with Crippen molar-refractivity contribution in [1.82, 2.24) is 14.7 Å². The number of aryl methyl sites for hydroxylation is 1.